The molecule has 3 aromatic rings. The van der Waals surface area contributed by atoms with E-state index in [1.807, 2.05) is 53.6 Å². The summed E-state index contributed by atoms with van der Waals surface area (Å²) in [4.78, 5) is 21.2. The van der Waals surface area contributed by atoms with Crippen molar-refractivity contribution in [3.8, 4) is 0 Å². The standard InChI is InChI=1S/C17H17N5O/c23-17(14-4-2-1-3-5-14)21-12-10-20(11-13-21)15-7-9-22-16(19-15)6-8-18-22/h1-9H,10-13H2. The zero-order valence-corrected chi connectivity index (χ0v) is 12.7. The van der Waals surface area contributed by atoms with Gasteiger partial charge >= 0.3 is 0 Å². The third kappa shape index (κ3) is 2.63. The normalized spacial score (nSPS) is 15.1. The first-order valence-electron chi connectivity index (χ1n) is 7.71. The van der Waals surface area contributed by atoms with Crippen LogP contribution in [-0.4, -0.2) is 51.6 Å². The molecule has 1 aliphatic rings. The van der Waals surface area contributed by atoms with E-state index in [-0.39, 0.29) is 5.91 Å². The molecule has 1 amide bonds. The van der Waals surface area contributed by atoms with E-state index in [9.17, 15) is 4.79 Å². The number of fused-ring (bicyclic) bond motifs is 1. The Morgan fingerprint density at radius 2 is 1.74 bits per heavy atom. The van der Waals surface area contributed by atoms with Gasteiger partial charge in [0.15, 0.2) is 5.65 Å². The lowest BCUT2D eigenvalue weighted by Crippen LogP contribution is -2.49. The molecule has 0 spiro atoms. The van der Waals surface area contributed by atoms with Crippen molar-refractivity contribution in [2.24, 2.45) is 0 Å². The van der Waals surface area contributed by atoms with Crippen molar-refractivity contribution in [2.75, 3.05) is 31.1 Å². The van der Waals surface area contributed by atoms with Gasteiger partial charge in [0.05, 0.1) is 6.20 Å². The third-order valence-electron chi connectivity index (χ3n) is 4.15. The van der Waals surface area contributed by atoms with Crippen LogP contribution < -0.4 is 4.90 Å². The van der Waals surface area contributed by atoms with Gasteiger partial charge in [-0.05, 0) is 18.2 Å². The maximum absolute atomic E-state index is 12.5. The van der Waals surface area contributed by atoms with Gasteiger partial charge in [0.25, 0.3) is 5.91 Å². The van der Waals surface area contributed by atoms with Crippen LogP contribution in [0, 0.1) is 0 Å². The van der Waals surface area contributed by atoms with Crippen molar-refractivity contribution in [3.05, 3.63) is 60.4 Å². The number of carbonyl (C=O) groups is 1. The van der Waals surface area contributed by atoms with Crippen molar-refractivity contribution in [3.63, 3.8) is 0 Å². The highest BCUT2D eigenvalue weighted by Crippen LogP contribution is 2.16. The van der Waals surface area contributed by atoms with E-state index < -0.39 is 0 Å². The predicted molar refractivity (Wildman–Crippen MR) is 87.5 cm³/mol. The second-order valence-corrected chi connectivity index (χ2v) is 5.56. The summed E-state index contributed by atoms with van der Waals surface area (Å²) < 4.78 is 1.75. The van der Waals surface area contributed by atoms with Crippen molar-refractivity contribution >= 4 is 17.4 Å². The predicted octanol–water partition coefficient (Wildman–Crippen LogP) is 1.69. The summed E-state index contributed by atoms with van der Waals surface area (Å²) in [5.74, 6) is 1.04. The summed E-state index contributed by atoms with van der Waals surface area (Å²) in [6.45, 7) is 2.99. The SMILES string of the molecule is O=C(c1ccccc1)N1CCN(c2ccn3nccc3n2)CC1. The maximum atomic E-state index is 12.5. The van der Waals surface area contributed by atoms with E-state index in [1.54, 1.807) is 10.7 Å². The number of aromatic nitrogens is 3. The van der Waals surface area contributed by atoms with Crippen LogP contribution in [0.15, 0.2) is 54.9 Å². The number of hydrogen-bond acceptors (Lipinski definition) is 4. The van der Waals surface area contributed by atoms with E-state index in [2.05, 4.69) is 15.0 Å². The number of amides is 1. The fourth-order valence-electron chi connectivity index (χ4n) is 2.88. The Morgan fingerprint density at radius 3 is 2.52 bits per heavy atom. The Kier molecular flexibility index (Phi) is 3.42. The summed E-state index contributed by atoms with van der Waals surface area (Å²) in [5, 5.41) is 4.16. The summed E-state index contributed by atoms with van der Waals surface area (Å²) in [6, 6.07) is 13.3. The molecule has 0 bridgehead atoms. The molecule has 6 nitrogen and oxygen atoms in total. The maximum Gasteiger partial charge on any atom is 0.253 e. The average molecular weight is 307 g/mol. The fourth-order valence-corrected chi connectivity index (χ4v) is 2.88. The van der Waals surface area contributed by atoms with Crippen LogP contribution in [0.2, 0.25) is 0 Å². The molecule has 23 heavy (non-hydrogen) atoms. The molecule has 0 N–H and O–H groups in total. The Labute approximate surface area is 134 Å². The van der Waals surface area contributed by atoms with Gasteiger partial charge in [0, 0.05) is 44.0 Å². The first-order valence-corrected chi connectivity index (χ1v) is 7.71. The molecule has 2 aromatic heterocycles. The minimum Gasteiger partial charge on any atom is -0.353 e. The summed E-state index contributed by atoms with van der Waals surface area (Å²) in [6.07, 6.45) is 3.65. The van der Waals surface area contributed by atoms with E-state index in [0.717, 1.165) is 30.1 Å². The summed E-state index contributed by atoms with van der Waals surface area (Å²) in [5.41, 5.74) is 1.59. The Morgan fingerprint density at radius 1 is 0.957 bits per heavy atom. The van der Waals surface area contributed by atoms with Crippen molar-refractivity contribution in [2.45, 2.75) is 0 Å². The van der Waals surface area contributed by atoms with Gasteiger partial charge in [-0.3, -0.25) is 4.79 Å². The van der Waals surface area contributed by atoms with Crippen LogP contribution in [0.25, 0.3) is 5.65 Å². The molecule has 1 saturated heterocycles. The van der Waals surface area contributed by atoms with Gasteiger partial charge in [-0.1, -0.05) is 18.2 Å². The van der Waals surface area contributed by atoms with E-state index in [4.69, 9.17) is 0 Å². The lowest BCUT2D eigenvalue weighted by molar-refractivity contribution is 0.0746. The number of nitrogens with zero attached hydrogens (tertiary/aromatic N) is 5. The molecule has 0 unspecified atom stereocenters. The number of anilines is 1. The molecule has 116 valence electrons. The van der Waals surface area contributed by atoms with Gasteiger partial charge in [-0.2, -0.15) is 5.10 Å². The summed E-state index contributed by atoms with van der Waals surface area (Å²) in [7, 11) is 0. The van der Waals surface area contributed by atoms with Gasteiger partial charge in [0.2, 0.25) is 0 Å². The molecule has 1 fully saturated rings. The molecule has 6 heteroatoms. The quantitative estimate of drug-likeness (QED) is 0.723. The molecular formula is C17H17N5O. The number of benzene rings is 1. The van der Waals surface area contributed by atoms with Gasteiger partial charge in [0.1, 0.15) is 5.82 Å². The van der Waals surface area contributed by atoms with Gasteiger partial charge < -0.3 is 9.80 Å². The molecule has 1 aromatic carbocycles. The van der Waals surface area contributed by atoms with Gasteiger partial charge in [-0.15, -0.1) is 0 Å². The first kappa shape index (κ1) is 13.8. The number of rotatable bonds is 2. The number of carbonyl (C=O) groups excluding carboxylic acids is 1. The second kappa shape index (κ2) is 5.72. The molecular weight excluding hydrogens is 290 g/mol. The minimum absolute atomic E-state index is 0.101. The van der Waals surface area contributed by atoms with Crippen LogP contribution in [0.1, 0.15) is 10.4 Å². The highest BCUT2D eigenvalue weighted by Gasteiger charge is 2.22. The Balaban J connectivity index is 1.45. The lowest BCUT2D eigenvalue weighted by atomic mass is 10.2. The highest BCUT2D eigenvalue weighted by atomic mass is 16.2. The minimum atomic E-state index is 0.101. The van der Waals surface area contributed by atoms with Crippen LogP contribution in [-0.2, 0) is 0 Å². The average Bonchev–Trinajstić information content (AvgIpc) is 3.10. The highest BCUT2D eigenvalue weighted by molar-refractivity contribution is 5.94. The molecule has 0 atom stereocenters. The fraction of sp³-hybridized carbons (Fsp3) is 0.235. The second-order valence-electron chi connectivity index (χ2n) is 5.56. The topological polar surface area (TPSA) is 53.7 Å². The molecule has 4 rings (SSSR count). The van der Waals surface area contributed by atoms with Gasteiger partial charge in [-0.25, -0.2) is 9.50 Å². The van der Waals surface area contributed by atoms with Crippen molar-refractivity contribution in [1.82, 2.24) is 19.5 Å². The van der Waals surface area contributed by atoms with Crippen molar-refractivity contribution in [1.29, 1.82) is 0 Å². The monoisotopic (exact) mass is 307 g/mol. The molecule has 3 heterocycles. The Bertz CT molecular complexity index is 821. The van der Waals surface area contributed by atoms with Crippen LogP contribution >= 0.6 is 0 Å². The molecule has 0 aliphatic carbocycles. The van der Waals surface area contributed by atoms with Crippen LogP contribution in [0.4, 0.5) is 5.82 Å². The zero-order valence-electron chi connectivity index (χ0n) is 12.7. The third-order valence-corrected chi connectivity index (χ3v) is 4.15. The Hall–Kier alpha value is -2.89. The van der Waals surface area contributed by atoms with E-state index in [0.29, 0.717) is 13.1 Å². The first-order chi connectivity index (χ1) is 11.3. The zero-order chi connectivity index (χ0) is 15.6. The summed E-state index contributed by atoms with van der Waals surface area (Å²) >= 11 is 0. The van der Waals surface area contributed by atoms with E-state index >= 15 is 0 Å². The largest absolute Gasteiger partial charge is 0.353 e. The van der Waals surface area contributed by atoms with Crippen molar-refractivity contribution < 1.29 is 4.79 Å². The smallest absolute Gasteiger partial charge is 0.253 e. The lowest BCUT2D eigenvalue weighted by Gasteiger charge is -2.35. The van der Waals surface area contributed by atoms with Crippen LogP contribution in [0.3, 0.4) is 0 Å². The molecule has 1 aliphatic heterocycles. The van der Waals surface area contributed by atoms with E-state index in [1.165, 1.54) is 0 Å². The number of piperazine rings is 1. The molecule has 0 radical (unpaired) electrons. The van der Waals surface area contributed by atoms with Crippen LogP contribution in [0.5, 0.6) is 0 Å². The number of hydrogen-bond donors (Lipinski definition) is 0. The molecule has 0 saturated carbocycles.